The second kappa shape index (κ2) is 9.44. The van der Waals surface area contributed by atoms with Gasteiger partial charge in [-0.3, -0.25) is 10.2 Å². The molecule has 0 saturated carbocycles. The molecule has 0 aliphatic heterocycles. The van der Waals surface area contributed by atoms with E-state index in [-0.39, 0.29) is 11.7 Å². The lowest BCUT2D eigenvalue weighted by molar-refractivity contribution is 0.0993. The van der Waals surface area contributed by atoms with E-state index in [2.05, 4.69) is 17.2 Å². The van der Waals surface area contributed by atoms with Gasteiger partial charge in [-0.15, -0.1) is 0 Å². The number of rotatable bonds is 5. The number of para-hydroxylation sites is 1. The first kappa shape index (κ1) is 20.7. The molecule has 3 rings (SSSR count). The first-order valence-electron chi connectivity index (χ1n) is 9.56. The van der Waals surface area contributed by atoms with E-state index in [1.54, 1.807) is 24.1 Å². The quantitative estimate of drug-likeness (QED) is 0.346. The van der Waals surface area contributed by atoms with Crippen LogP contribution in [0.2, 0.25) is 0 Å². The summed E-state index contributed by atoms with van der Waals surface area (Å²) < 4.78 is 0. The fraction of sp³-hybridized carbons (Fsp3) is 0.120. The molecular weight excluding hydrogens is 372 g/mol. The van der Waals surface area contributed by atoms with Crippen molar-refractivity contribution in [2.45, 2.75) is 6.92 Å². The highest BCUT2D eigenvalue weighted by Crippen LogP contribution is 2.17. The summed E-state index contributed by atoms with van der Waals surface area (Å²) in [6, 6.07) is 22.5. The zero-order chi connectivity index (χ0) is 21.5. The molecule has 5 nitrogen and oxygen atoms in total. The van der Waals surface area contributed by atoms with Crippen LogP contribution in [0.3, 0.4) is 0 Å². The zero-order valence-electron chi connectivity index (χ0n) is 17.1. The predicted octanol–water partition coefficient (Wildman–Crippen LogP) is 4.02. The van der Waals surface area contributed by atoms with Gasteiger partial charge in [-0.25, -0.2) is 0 Å². The van der Waals surface area contributed by atoms with Gasteiger partial charge in [0.25, 0.3) is 5.91 Å². The molecule has 0 atom stereocenters. The van der Waals surface area contributed by atoms with E-state index < -0.39 is 0 Å². The molecule has 1 amide bonds. The van der Waals surface area contributed by atoms with Gasteiger partial charge in [-0.05, 0) is 67.1 Å². The third kappa shape index (κ3) is 5.06. The van der Waals surface area contributed by atoms with Crippen molar-refractivity contribution in [3.05, 3.63) is 95.1 Å². The minimum atomic E-state index is -0.0560. The number of aryl methyl sites for hydroxylation is 1. The lowest BCUT2D eigenvalue weighted by Crippen LogP contribution is -2.26. The molecule has 4 N–H and O–H groups in total. The minimum absolute atomic E-state index is 0.0497. The fourth-order valence-electron chi connectivity index (χ4n) is 2.95. The van der Waals surface area contributed by atoms with Gasteiger partial charge in [-0.1, -0.05) is 30.0 Å². The van der Waals surface area contributed by atoms with Crippen LogP contribution in [0.1, 0.15) is 27.0 Å². The number of nitrogen functional groups attached to an aromatic ring is 1. The second-order valence-corrected chi connectivity index (χ2v) is 6.88. The summed E-state index contributed by atoms with van der Waals surface area (Å²) in [4.78, 5) is 14.4. The minimum Gasteiger partial charge on any atom is -0.384 e. The van der Waals surface area contributed by atoms with Gasteiger partial charge in [-0.2, -0.15) is 0 Å². The molecule has 0 aromatic heterocycles. The van der Waals surface area contributed by atoms with E-state index in [4.69, 9.17) is 11.1 Å². The molecule has 30 heavy (non-hydrogen) atoms. The molecule has 0 heterocycles. The SMILES string of the molecule is Cc1cc(C(=O)N(C)c2ccccc2)ccc1C#CCNc1ccc(C(=N)N)cc1. The molecule has 150 valence electrons. The summed E-state index contributed by atoms with van der Waals surface area (Å²) in [6.07, 6.45) is 0. The van der Waals surface area contributed by atoms with Crippen LogP contribution >= 0.6 is 0 Å². The molecule has 0 aliphatic carbocycles. The third-order valence-electron chi connectivity index (χ3n) is 4.72. The Kier molecular flexibility index (Phi) is 6.51. The van der Waals surface area contributed by atoms with Crippen molar-refractivity contribution in [3.63, 3.8) is 0 Å². The highest BCUT2D eigenvalue weighted by molar-refractivity contribution is 6.05. The molecule has 0 fully saturated rings. The van der Waals surface area contributed by atoms with Gasteiger partial charge in [0, 0.05) is 35.1 Å². The molecule has 5 heteroatoms. The maximum Gasteiger partial charge on any atom is 0.258 e. The van der Waals surface area contributed by atoms with E-state index in [0.717, 1.165) is 22.5 Å². The smallest absolute Gasteiger partial charge is 0.258 e. The monoisotopic (exact) mass is 396 g/mol. The van der Waals surface area contributed by atoms with E-state index in [0.29, 0.717) is 17.7 Å². The van der Waals surface area contributed by atoms with E-state index in [9.17, 15) is 4.79 Å². The van der Waals surface area contributed by atoms with Gasteiger partial charge in [0.15, 0.2) is 0 Å². The van der Waals surface area contributed by atoms with Crippen LogP contribution in [-0.4, -0.2) is 25.3 Å². The summed E-state index contributed by atoms with van der Waals surface area (Å²) in [5.41, 5.74) is 10.4. The predicted molar refractivity (Wildman–Crippen MR) is 123 cm³/mol. The normalized spacial score (nSPS) is 9.93. The van der Waals surface area contributed by atoms with E-state index in [1.165, 1.54) is 0 Å². The zero-order valence-corrected chi connectivity index (χ0v) is 17.1. The number of hydrogen-bond acceptors (Lipinski definition) is 3. The Morgan fingerprint density at radius 2 is 1.70 bits per heavy atom. The first-order chi connectivity index (χ1) is 14.5. The molecule has 0 saturated heterocycles. The molecule has 0 radical (unpaired) electrons. The van der Waals surface area contributed by atoms with Crippen LogP contribution in [-0.2, 0) is 0 Å². The van der Waals surface area contributed by atoms with Crippen LogP contribution in [0, 0.1) is 24.2 Å². The van der Waals surface area contributed by atoms with Gasteiger partial charge >= 0.3 is 0 Å². The summed E-state index contributed by atoms with van der Waals surface area (Å²) in [6.45, 7) is 2.44. The Morgan fingerprint density at radius 3 is 2.33 bits per heavy atom. The van der Waals surface area contributed by atoms with Crippen LogP contribution in [0.4, 0.5) is 11.4 Å². The van der Waals surface area contributed by atoms with Crippen molar-refractivity contribution in [1.82, 2.24) is 0 Å². The van der Waals surface area contributed by atoms with E-state index >= 15 is 0 Å². The number of benzene rings is 3. The molecule has 0 spiro atoms. The average Bonchev–Trinajstić information content (AvgIpc) is 2.77. The topological polar surface area (TPSA) is 82.2 Å². The van der Waals surface area contributed by atoms with Crippen molar-refractivity contribution in [1.29, 1.82) is 5.41 Å². The highest BCUT2D eigenvalue weighted by Gasteiger charge is 2.13. The average molecular weight is 396 g/mol. The molecule has 0 bridgehead atoms. The standard InChI is InChI=1S/C25H24N4O/c1-18-17-21(25(30)29(2)23-8-4-3-5-9-23)11-10-19(18)7-6-16-28-22-14-12-20(13-15-22)24(26)27/h3-5,8-15,17,28H,16H2,1-2H3,(H3,26,27). The van der Waals surface area contributed by atoms with Crippen molar-refractivity contribution in [2.24, 2.45) is 5.73 Å². The maximum absolute atomic E-state index is 12.8. The summed E-state index contributed by atoms with van der Waals surface area (Å²) in [5, 5.41) is 10.6. The van der Waals surface area contributed by atoms with Gasteiger partial charge in [0.05, 0.1) is 6.54 Å². The third-order valence-corrected chi connectivity index (χ3v) is 4.72. The Labute approximate surface area is 177 Å². The molecular formula is C25H24N4O. The lowest BCUT2D eigenvalue weighted by Gasteiger charge is -2.17. The molecule has 3 aromatic carbocycles. The second-order valence-electron chi connectivity index (χ2n) is 6.88. The highest BCUT2D eigenvalue weighted by atomic mass is 16.2. The van der Waals surface area contributed by atoms with Crippen molar-refractivity contribution in [2.75, 3.05) is 23.8 Å². The number of nitrogens with one attached hydrogen (secondary N) is 2. The fourth-order valence-corrected chi connectivity index (χ4v) is 2.95. The number of nitrogens with zero attached hydrogens (tertiary/aromatic N) is 1. The number of anilines is 2. The number of amides is 1. The van der Waals surface area contributed by atoms with Crippen LogP contribution < -0.4 is 16.0 Å². The Morgan fingerprint density at radius 1 is 1.03 bits per heavy atom. The van der Waals surface area contributed by atoms with Crippen molar-refractivity contribution in [3.8, 4) is 11.8 Å². The van der Waals surface area contributed by atoms with Crippen molar-refractivity contribution < 1.29 is 4.79 Å². The number of hydrogen-bond donors (Lipinski definition) is 3. The van der Waals surface area contributed by atoms with Crippen molar-refractivity contribution >= 4 is 23.1 Å². The Hall–Kier alpha value is -4.04. The first-order valence-corrected chi connectivity index (χ1v) is 9.56. The summed E-state index contributed by atoms with van der Waals surface area (Å²) in [7, 11) is 1.77. The maximum atomic E-state index is 12.8. The van der Waals surface area contributed by atoms with Gasteiger partial charge in [0.1, 0.15) is 5.84 Å². The van der Waals surface area contributed by atoms with E-state index in [1.807, 2.05) is 67.6 Å². The van der Waals surface area contributed by atoms with Gasteiger partial charge in [0.2, 0.25) is 0 Å². The Bertz CT molecular complexity index is 1110. The molecule has 0 aliphatic rings. The lowest BCUT2D eigenvalue weighted by atomic mass is 10.0. The van der Waals surface area contributed by atoms with Crippen LogP contribution in [0.25, 0.3) is 0 Å². The summed E-state index contributed by atoms with van der Waals surface area (Å²) >= 11 is 0. The number of carbonyl (C=O) groups excluding carboxylic acids is 1. The van der Waals surface area contributed by atoms with Crippen LogP contribution in [0.15, 0.2) is 72.8 Å². The number of amidine groups is 1. The van der Waals surface area contributed by atoms with Crippen LogP contribution in [0.5, 0.6) is 0 Å². The summed E-state index contributed by atoms with van der Waals surface area (Å²) in [5.74, 6) is 6.24. The number of nitrogens with two attached hydrogens (primary N) is 1. The molecule has 3 aromatic rings. The molecule has 0 unspecified atom stereocenters. The largest absolute Gasteiger partial charge is 0.384 e. The van der Waals surface area contributed by atoms with Gasteiger partial charge < -0.3 is 16.0 Å². The Balaban J connectivity index is 1.63. The number of carbonyl (C=O) groups is 1.